The predicted octanol–water partition coefficient (Wildman–Crippen LogP) is 5.23. The Morgan fingerprint density at radius 3 is 2.71 bits per heavy atom. The molecule has 8 nitrogen and oxygen atoms in total. The van der Waals surface area contributed by atoms with Gasteiger partial charge in [-0.1, -0.05) is 56.8 Å². The third-order valence-corrected chi connectivity index (χ3v) is 6.15. The van der Waals surface area contributed by atoms with Crippen molar-refractivity contribution in [1.29, 1.82) is 0 Å². The minimum Gasteiger partial charge on any atom is -0.449 e. The van der Waals surface area contributed by atoms with Crippen molar-refractivity contribution in [2.75, 3.05) is 30.0 Å². The number of carbonyl (C=O) groups is 2. The van der Waals surface area contributed by atoms with Gasteiger partial charge in [-0.15, -0.1) is 0 Å². The first kappa shape index (κ1) is 25.6. The van der Waals surface area contributed by atoms with E-state index in [0.717, 1.165) is 29.8 Å². The highest BCUT2D eigenvalue weighted by molar-refractivity contribution is 8.14. The highest BCUT2D eigenvalue weighted by Gasteiger charge is 2.29. The molecule has 1 atom stereocenters. The molecule has 34 heavy (non-hydrogen) atoms. The summed E-state index contributed by atoms with van der Waals surface area (Å²) >= 11 is 1.23. The Morgan fingerprint density at radius 2 is 2.00 bits per heavy atom. The van der Waals surface area contributed by atoms with Crippen LogP contribution in [-0.4, -0.2) is 47.0 Å². The van der Waals surface area contributed by atoms with E-state index in [1.54, 1.807) is 11.1 Å². The largest absolute Gasteiger partial charge is 0.449 e. The zero-order chi connectivity index (χ0) is 24.5. The van der Waals surface area contributed by atoms with Crippen molar-refractivity contribution in [2.45, 2.75) is 45.7 Å². The van der Waals surface area contributed by atoms with Gasteiger partial charge in [-0.2, -0.15) is 5.10 Å². The summed E-state index contributed by atoms with van der Waals surface area (Å²) in [5.74, 6) is 0.510. The zero-order valence-corrected chi connectivity index (χ0v) is 20.7. The Bertz CT molecular complexity index is 1010. The van der Waals surface area contributed by atoms with Gasteiger partial charge < -0.3 is 15.8 Å². The molecular weight excluding hydrogens is 450 g/mol. The lowest BCUT2D eigenvalue weighted by atomic mass is 10.0. The highest BCUT2D eigenvalue weighted by Crippen LogP contribution is 2.32. The number of benzene rings is 2. The molecule has 0 aromatic heterocycles. The van der Waals surface area contributed by atoms with Crippen molar-refractivity contribution in [3.8, 4) is 0 Å². The van der Waals surface area contributed by atoms with Gasteiger partial charge in [-0.3, -0.25) is 10.1 Å². The molecule has 0 saturated carbocycles. The molecule has 0 bridgehead atoms. The first-order chi connectivity index (χ1) is 16.4. The third kappa shape index (κ3) is 7.23. The molecule has 182 valence electrons. The number of nitrogen functional groups attached to an aromatic ring is 1. The number of hydrogen-bond donors (Lipinski definition) is 3. The molecule has 1 unspecified atom stereocenters. The van der Waals surface area contributed by atoms with Crippen LogP contribution in [0, 0.1) is 0 Å². The van der Waals surface area contributed by atoms with Gasteiger partial charge in [0.2, 0.25) is 0 Å². The van der Waals surface area contributed by atoms with Gasteiger partial charge in [0.15, 0.2) is 0 Å². The van der Waals surface area contributed by atoms with Crippen molar-refractivity contribution >= 4 is 40.2 Å². The first-order valence-corrected chi connectivity index (χ1v) is 12.5. The Balaban J connectivity index is 1.68. The molecular formula is C25H33N5O3S. The Morgan fingerprint density at radius 1 is 1.24 bits per heavy atom. The molecule has 2 aromatic rings. The van der Waals surface area contributed by atoms with Gasteiger partial charge in [0.25, 0.3) is 0 Å². The van der Waals surface area contributed by atoms with Crippen LogP contribution in [-0.2, 0) is 4.74 Å². The van der Waals surface area contributed by atoms with E-state index >= 15 is 0 Å². The molecule has 4 N–H and O–H groups in total. The van der Waals surface area contributed by atoms with Gasteiger partial charge in [-0.05, 0) is 54.8 Å². The molecule has 0 radical (unpaired) electrons. The minimum atomic E-state index is -0.497. The smallest absolute Gasteiger partial charge is 0.411 e. The van der Waals surface area contributed by atoms with Crippen molar-refractivity contribution in [3.05, 3.63) is 59.7 Å². The van der Waals surface area contributed by atoms with Crippen LogP contribution in [0.2, 0.25) is 0 Å². The molecule has 9 heteroatoms. The normalized spacial score (nSPS) is 14.6. The number of rotatable bonds is 10. The van der Waals surface area contributed by atoms with Crippen LogP contribution >= 0.6 is 11.8 Å². The van der Waals surface area contributed by atoms with E-state index in [4.69, 9.17) is 15.6 Å². The zero-order valence-electron chi connectivity index (χ0n) is 19.9. The standard InChI is InChI=1S/C25H33N5O3S/c1-4-23(30-25(32)34-16-22(29-30)18-9-11-20(26)12-10-18)19-7-5-8-21(15-19)28-24(31)33-14-6-13-27-17(2)3/h5,7-12,15,17,23,27H,4,6,13-14,16,26H2,1-3H3,(H,28,31). The number of amides is 2. The Labute approximate surface area is 205 Å². The van der Waals surface area contributed by atoms with E-state index in [1.807, 2.05) is 49.4 Å². The topological polar surface area (TPSA) is 109 Å². The number of carbonyl (C=O) groups excluding carboxylic acids is 2. The van der Waals surface area contributed by atoms with Crippen LogP contribution in [0.5, 0.6) is 0 Å². The Kier molecular flexibility index (Phi) is 9.35. The van der Waals surface area contributed by atoms with Crippen molar-refractivity contribution in [3.63, 3.8) is 0 Å². The molecule has 3 rings (SSSR count). The lowest BCUT2D eigenvalue weighted by molar-refractivity contribution is 0.159. The van der Waals surface area contributed by atoms with Crippen LogP contribution in [0.15, 0.2) is 53.6 Å². The minimum absolute atomic E-state index is 0.0983. The molecule has 2 amide bonds. The van der Waals surface area contributed by atoms with Crippen LogP contribution < -0.4 is 16.4 Å². The van der Waals surface area contributed by atoms with Gasteiger partial charge >= 0.3 is 11.3 Å². The average Bonchev–Trinajstić information content (AvgIpc) is 2.81. The SMILES string of the molecule is CCC(c1cccc(NC(=O)OCCCNC(C)C)c1)N1N=C(c2ccc(N)cc2)CSC1=O. The lowest BCUT2D eigenvalue weighted by Gasteiger charge is -2.30. The second-order valence-corrected chi connectivity index (χ2v) is 9.27. The van der Waals surface area contributed by atoms with Crippen molar-refractivity contribution in [2.24, 2.45) is 5.10 Å². The van der Waals surface area contributed by atoms with Gasteiger partial charge in [-0.25, -0.2) is 9.80 Å². The van der Waals surface area contributed by atoms with Gasteiger partial charge in [0, 0.05) is 23.2 Å². The quantitative estimate of drug-likeness (QED) is 0.315. The van der Waals surface area contributed by atoms with E-state index in [-0.39, 0.29) is 11.3 Å². The second kappa shape index (κ2) is 12.4. The molecule has 1 aliphatic rings. The summed E-state index contributed by atoms with van der Waals surface area (Å²) in [5, 5.41) is 12.2. The van der Waals surface area contributed by atoms with E-state index in [9.17, 15) is 9.59 Å². The summed E-state index contributed by atoms with van der Waals surface area (Å²) in [5.41, 5.74) is 9.75. The molecule has 1 heterocycles. The predicted molar refractivity (Wildman–Crippen MR) is 139 cm³/mol. The summed E-state index contributed by atoms with van der Waals surface area (Å²) in [7, 11) is 0. The lowest BCUT2D eigenvalue weighted by Crippen LogP contribution is -2.33. The number of thioether (sulfide) groups is 1. The van der Waals surface area contributed by atoms with Crippen LogP contribution in [0.4, 0.5) is 21.0 Å². The molecule has 0 spiro atoms. The maximum absolute atomic E-state index is 12.7. The monoisotopic (exact) mass is 483 g/mol. The van der Waals surface area contributed by atoms with Crippen molar-refractivity contribution in [1.82, 2.24) is 10.3 Å². The molecule has 0 fully saturated rings. The third-order valence-electron chi connectivity index (χ3n) is 5.30. The van der Waals surface area contributed by atoms with Crippen molar-refractivity contribution < 1.29 is 14.3 Å². The fourth-order valence-corrected chi connectivity index (χ4v) is 4.35. The molecule has 1 aliphatic heterocycles. The summed E-state index contributed by atoms with van der Waals surface area (Å²) in [6.07, 6.45) is 0.914. The maximum atomic E-state index is 12.7. The summed E-state index contributed by atoms with van der Waals surface area (Å²) in [6, 6.07) is 15.1. The van der Waals surface area contributed by atoms with Crippen LogP contribution in [0.25, 0.3) is 0 Å². The Hall–Kier alpha value is -3.04. The molecule has 0 saturated heterocycles. The van der Waals surface area contributed by atoms with Gasteiger partial charge in [0.05, 0.1) is 18.4 Å². The van der Waals surface area contributed by atoms with E-state index < -0.39 is 6.09 Å². The fraction of sp³-hybridized carbons (Fsp3) is 0.400. The summed E-state index contributed by atoms with van der Waals surface area (Å²) < 4.78 is 5.27. The number of ether oxygens (including phenoxy) is 1. The number of nitrogens with one attached hydrogen (secondary N) is 2. The number of nitrogens with two attached hydrogens (primary N) is 1. The number of nitrogens with zero attached hydrogens (tertiary/aromatic N) is 2. The summed E-state index contributed by atoms with van der Waals surface area (Å²) in [4.78, 5) is 24.9. The molecule has 0 aliphatic carbocycles. The van der Waals surface area contributed by atoms with Crippen LogP contribution in [0.3, 0.4) is 0 Å². The van der Waals surface area contributed by atoms with E-state index in [1.165, 1.54) is 11.8 Å². The van der Waals surface area contributed by atoms with Gasteiger partial charge in [0.1, 0.15) is 0 Å². The first-order valence-electron chi connectivity index (χ1n) is 11.5. The number of anilines is 2. The highest BCUT2D eigenvalue weighted by atomic mass is 32.2. The van der Waals surface area contributed by atoms with Crippen LogP contribution in [0.1, 0.15) is 50.8 Å². The summed E-state index contributed by atoms with van der Waals surface area (Å²) in [6.45, 7) is 7.29. The maximum Gasteiger partial charge on any atom is 0.411 e. The number of hydrazone groups is 1. The average molecular weight is 484 g/mol. The van der Waals surface area contributed by atoms with E-state index in [2.05, 4.69) is 24.5 Å². The van der Waals surface area contributed by atoms with E-state index in [0.29, 0.717) is 36.2 Å². The fourth-order valence-electron chi connectivity index (χ4n) is 3.56. The number of hydrogen-bond acceptors (Lipinski definition) is 7. The molecule has 2 aromatic carbocycles. The second-order valence-electron chi connectivity index (χ2n) is 8.34.